The monoisotopic (exact) mass is 357 g/mol. The Hall–Kier alpha value is -1.46. The molecule has 2 aromatic rings. The molecule has 0 aliphatic rings. The summed E-state index contributed by atoms with van der Waals surface area (Å²) in [7, 11) is -2.39. The minimum absolute atomic E-state index is 0.0221. The molecule has 2 rings (SSSR count). The molecule has 0 aromatic heterocycles. The van der Waals surface area contributed by atoms with E-state index in [0.29, 0.717) is 13.2 Å². The quantitative estimate of drug-likeness (QED) is 0.535. The predicted octanol–water partition coefficient (Wildman–Crippen LogP) is 2.54. The first-order valence-electron chi connectivity index (χ1n) is 9.09. The number of hydrogen-bond donors (Lipinski definition) is 2. The SMILES string of the molecule is CC(C)(C)[Si](OCCCNCCO)(c1ccccc1)c1ccccc1. The van der Waals surface area contributed by atoms with Crippen molar-refractivity contribution in [3.63, 3.8) is 0 Å². The molecule has 0 bridgehead atoms. The lowest BCUT2D eigenvalue weighted by Crippen LogP contribution is -2.66. The van der Waals surface area contributed by atoms with Crippen LogP contribution in [0.3, 0.4) is 0 Å². The third-order valence-electron chi connectivity index (χ3n) is 4.52. The molecule has 0 aliphatic heterocycles. The van der Waals surface area contributed by atoms with Gasteiger partial charge in [0.05, 0.1) is 6.61 Å². The van der Waals surface area contributed by atoms with E-state index in [-0.39, 0.29) is 11.6 Å². The number of hydrogen-bond acceptors (Lipinski definition) is 3. The Kier molecular flexibility index (Phi) is 7.38. The Labute approximate surface area is 153 Å². The Morgan fingerprint density at radius 1 is 0.880 bits per heavy atom. The predicted molar refractivity (Wildman–Crippen MR) is 108 cm³/mol. The van der Waals surface area contributed by atoms with E-state index in [4.69, 9.17) is 9.53 Å². The molecule has 0 radical (unpaired) electrons. The summed E-state index contributed by atoms with van der Waals surface area (Å²) in [5, 5.41) is 14.7. The van der Waals surface area contributed by atoms with Gasteiger partial charge in [-0.1, -0.05) is 81.4 Å². The lowest BCUT2D eigenvalue weighted by Gasteiger charge is -2.43. The van der Waals surface area contributed by atoms with Crippen LogP contribution < -0.4 is 15.7 Å². The fourth-order valence-electron chi connectivity index (χ4n) is 3.39. The summed E-state index contributed by atoms with van der Waals surface area (Å²) in [5.41, 5.74) is 0. The van der Waals surface area contributed by atoms with Crippen LogP contribution in [-0.4, -0.2) is 39.7 Å². The van der Waals surface area contributed by atoms with Gasteiger partial charge >= 0.3 is 0 Å². The fraction of sp³-hybridized carbons (Fsp3) is 0.429. The number of benzene rings is 2. The molecule has 4 heteroatoms. The van der Waals surface area contributed by atoms with E-state index in [2.05, 4.69) is 86.8 Å². The Morgan fingerprint density at radius 3 is 1.84 bits per heavy atom. The van der Waals surface area contributed by atoms with Crippen molar-refractivity contribution < 1.29 is 9.53 Å². The molecule has 0 amide bonds. The maximum Gasteiger partial charge on any atom is 0.261 e. The summed E-state index contributed by atoms with van der Waals surface area (Å²) < 4.78 is 6.78. The molecule has 0 fully saturated rings. The fourth-order valence-corrected chi connectivity index (χ4v) is 7.99. The van der Waals surface area contributed by atoms with Crippen LogP contribution in [0.1, 0.15) is 27.2 Å². The van der Waals surface area contributed by atoms with Gasteiger partial charge in [0.15, 0.2) is 0 Å². The van der Waals surface area contributed by atoms with Crippen LogP contribution in [0.5, 0.6) is 0 Å². The molecule has 136 valence electrons. The van der Waals surface area contributed by atoms with Crippen molar-refractivity contribution in [2.24, 2.45) is 0 Å². The van der Waals surface area contributed by atoms with Crippen LogP contribution in [0.2, 0.25) is 5.04 Å². The largest absolute Gasteiger partial charge is 0.407 e. The minimum Gasteiger partial charge on any atom is -0.407 e. The van der Waals surface area contributed by atoms with Gasteiger partial charge < -0.3 is 14.8 Å². The van der Waals surface area contributed by atoms with Crippen molar-refractivity contribution in [3.05, 3.63) is 60.7 Å². The van der Waals surface area contributed by atoms with Crippen LogP contribution in [0.25, 0.3) is 0 Å². The topological polar surface area (TPSA) is 41.5 Å². The molecule has 0 heterocycles. The Balaban J connectivity index is 2.33. The molecule has 3 nitrogen and oxygen atoms in total. The average Bonchev–Trinajstić information content (AvgIpc) is 2.62. The summed E-state index contributed by atoms with van der Waals surface area (Å²) in [6, 6.07) is 21.4. The highest BCUT2D eigenvalue weighted by atomic mass is 28.4. The summed E-state index contributed by atoms with van der Waals surface area (Å²) in [6.07, 6.45) is 0.935. The van der Waals surface area contributed by atoms with E-state index in [0.717, 1.165) is 13.0 Å². The molecule has 25 heavy (non-hydrogen) atoms. The van der Waals surface area contributed by atoms with Crippen LogP contribution >= 0.6 is 0 Å². The third kappa shape index (κ3) is 4.79. The zero-order chi connectivity index (χ0) is 18.2. The van der Waals surface area contributed by atoms with E-state index in [1.54, 1.807) is 0 Å². The molecule has 0 saturated heterocycles. The van der Waals surface area contributed by atoms with Gasteiger partial charge in [-0.2, -0.15) is 0 Å². The van der Waals surface area contributed by atoms with Gasteiger partial charge in [-0.15, -0.1) is 0 Å². The van der Waals surface area contributed by atoms with Crippen LogP contribution in [0, 0.1) is 0 Å². The summed E-state index contributed by atoms with van der Waals surface area (Å²) in [4.78, 5) is 0. The molecule has 0 unspecified atom stereocenters. The first-order valence-corrected chi connectivity index (χ1v) is 11.0. The zero-order valence-corrected chi connectivity index (χ0v) is 16.7. The van der Waals surface area contributed by atoms with E-state index >= 15 is 0 Å². The maximum atomic E-state index is 8.87. The second-order valence-corrected chi connectivity index (χ2v) is 11.6. The van der Waals surface area contributed by atoms with Crippen molar-refractivity contribution >= 4 is 18.7 Å². The normalized spacial score (nSPS) is 12.3. The lowest BCUT2D eigenvalue weighted by molar-refractivity contribution is 0.275. The highest BCUT2D eigenvalue weighted by Gasteiger charge is 2.49. The van der Waals surface area contributed by atoms with E-state index < -0.39 is 8.32 Å². The molecule has 2 N–H and O–H groups in total. The van der Waals surface area contributed by atoms with Gasteiger partial charge in [0, 0.05) is 13.2 Å². The molecular weight excluding hydrogens is 326 g/mol. The third-order valence-corrected chi connectivity index (χ3v) is 9.56. The zero-order valence-electron chi connectivity index (χ0n) is 15.7. The van der Waals surface area contributed by atoms with E-state index in [1.165, 1.54) is 10.4 Å². The van der Waals surface area contributed by atoms with E-state index in [9.17, 15) is 0 Å². The number of aliphatic hydroxyl groups is 1. The minimum atomic E-state index is -2.39. The summed E-state index contributed by atoms with van der Waals surface area (Å²) in [6.45, 7) is 9.27. The lowest BCUT2D eigenvalue weighted by atomic mass is 10.2. The summed E-state index contributed by atoms with van der Waals surface area (Å²) in [5.74, 6) is 0. The number of nitrogens with one attached hydrogen (secondary N) is 1. The van der Waals surface area contributed by atoms with Crippen molar-refractivity contribution in [2.45, 2.75) is 32.2 Å². The molecule has 0 aliphatic carbocycles. The van der Waals surface area contributed by atoms with Crippen molar-refractivity contribution in [2.75, 3.05) is 26.3 Å². The second-order valence-electron chi connectivity index (χ2n) is 7.34. The Bertz CT molecular complexity index is 571. The van der Waals surface area contributed by atoms with Crippen molar-refractivity contribution in [1.82, 2.24) is 5.32 Å². The van der Waals surface area contributed by atoms with Crippen molar-refractivity contribution in [1.29, 1.82) is 0 Å². The smallest absolute Gasteiger partial charge is 0.261 e. The molecule has 0 saturated carbocycles. The first-order chi connectivity index (χ1) is 12.0. The summed E-state index contributed by atoms with van der Waals surface area (Å²) >= 11 is 0. The number of aliphatic hydroxyl groups excluding tert-OH is 1. The van der Waals surface area contributed by atoms with Crippen LogP contribution in [-0.2, 0) is 4.43 Å². The van der Waals surface area contributed by atoms with Gasteiger partial charge in [0.1, 0.15) is 0 Å². The first kappa shape index (κ1) is 19.9. The van der Waals surface area contributed by atoms with Crippen LogP contribution in [0.15, 0.2) is 60.7 Å². The standard InChI is InChI=1S/C21H31NO2Si/c1-21(2,3)25(19-11-6-4-7-12-19,20-13-8-5-9-14-20)24-18-10-15-22-16-17-23/h4-9,11-14,22-23H,10,15-18H2,1-3H3. The van der Waals surface area contributed by atoms with Gasteiger partial charge in [-0.05, 0) is 28.4 Å². The van der Waals surface area contributed by atoms with Crippen molar-refractivity contribution in [3.8, 4) is 0 Å². The molecular formula is C21H31NO2Si. The molecule has 0 spiro atoms. The van der Waals surface area contributed by atoms with Crippen LogP contribution in [0.4, 0.5) is 0 Å². The maximum absolute atomic E-state index is 8.87. The van der Waals surface area contributed by atoms with Gasteiger partial charge in [0.25, 0.3) is 8.32 Å². The molecule has 0 atom stereocenters. The van der Waals surface area contributed by atoms with Gasteiger partial charge in [-0.25, -0.2) is 0 Å². The van der Waals surface area contributed by atoms with Gasteiger partial charge in [0.2, 0.25) is 0 Å². The second kappa shape index (κ2) is 9.29. The van der Waals surface area contributed by atoms with E-state index in [1.807, 2.05) is 0 Å². The number of rotatable bonds is 9. The highest BCUT2D eigenvalue weighted by molar-refractivity contribution is 6.99. The average molecular weight is 358 g/mol. The highest BCUT2D eigenvalue weighted by Crippen LogP contribution is 2.36. The molecule has 2 aromatic carbocycles. The van der Waals surface area contributed by atoms with Gasteiger partial charge in [-0.3, -0.25) is 0 Å². The Morgan fingerprint density at radius 2 is 1.40 bits per heavy atom.